The Bertz CT molecular complexity index is 1660. The van der Waals surface area contributed by atoms with Crippen LogP contribution in [0.4, 0.5) is 5.13 Å². The van der Waals surface area contributed by atoms with E-state index < -0.39 is 17.7 Å². The molecule has 3 aromatic heterocycles. The fourth-order valence-electron chi connectivity index (χ4n) is 4.77. The third-order valence-electron chi connectivity index (χ3n) is 6.55. The average molecular weight is 531 g/mol. The average Bonchev–Trinajstić information content (AvgIpc) is 3.52. The first-order valence-corrected chi connectivity index (χ1v) is 12.9. The van der Waals surface area contributed by atoms with E-state index in [1.807, 2.05) is 36.6 Å². The maximum atomic E-state index is 13.6. The second kappa shape index (κ2) is 9.53. The number of carbonyl (C=O) groups is 3. The standard InChI is InChI=1S/C28H26N4O5S/c1-6-37-19-11-7-10-18(13-19)22-20(23(34)21-16(4)31-12-8-9-14(2)26(31)30-21)24(35)27(36)32(22)28-29-15(3)25(38-28)17(5)33/h7-13,22,34H,6H2,1-5H3. The van der Waals surface area contributed by atoms with E-state index in [0.717, 1.165) is 16.9 Å². The normalized spacial score (nSPS) is 17.0. The van der Waals surface area contributed by atoms with Gasteiger partial charge in [-0.05, 0) is 57.0 Å². The van der Waals surface area contributed by atoms with Gasteiger partial charge in [0.05, 0.1) is 34.5 Å². The lowest BCUT2D eigenvalue weighted by Crippen LogP contribution is -2.29. The van der Waals surface area contributed by atoms with E-state index in [1.54, 1.807) is 38.1 Å². The molecule has 1 aliphatic heterocycles. The number of amides is 1. The van der Waals surface area contributed by atoms with Gasteiger partial charge in [0, 0.05) is 13.1 Å². The highest BCUT2D eigenvalue weighted by Crippen LogP contribution is 2.44. The van der Waals surface area contributed by atoms with Crippen LogP contribution < -0.4 is 9.64 Å². The summed E-state index contributed by atoms with van der Waals surface area (Å²) < 4.78 is 7.50. The Morgan fingerprint density at radius 3 is 2.55 bits per heavy atom. The van der Waals surface area contributed by atoms with Gasteiger partial charge in [-0.2, -0.15) is 0 Å². The number of aliphatic hydroxyl groups is 1. The number of aliphatic hydroxyl groups excluding tert-OH is 1. The van der Waals surface area contributed by atoms with Gasteiger partial charge in [0.25, 0.3) is 5.78 Å². The van der Waals surface area contributed by atoms with Gasteiger partial charge >= 0.3 is 5.91 Å². The number of rotatable bonds is 6. The topological polar surface area (TPSA) is 114 Å². The van der Waals surface area contributed by atoms with Gasteiger partial charge in [-0.1, -0.05) is 29.5 Å². The van der Waals surface area contributed by atoms with Crippen molar-refractivity contribution in [1.29, 1.82) is 0 Å². The van der Waals surface area contributed by atoms with E-state index in [-0.39, 0.29) is 27.9 Å². The third kappa shape index (κ3) is 3.97. The van der Waals surface area contributed by atoms with Crippen LogP contribution in [0.25, 0.3) is 11.4 Å². The van der Waals surface area contributed by atoms with Gasteiger partial charge in [-0.15, -0.1) is 0 Å². The maximum absolute atomic E-state index is 13.6. The number of carbonyl (C=O) groups excluding carboxylic acids is 3. The number of hydrogen-bond acceptors (Lipinski definition) is 8. The fraction of sp³-hybridized carbons (Fsp3) is 0.250. The molecule has 9 nitrogen and oxygen atoms in total. The molecule has 1 aliphatic rings. The molecule has 10 heteroatoms. The number of fused-ring (bicyclic) bond motifs is 1. The number of anilines is 1. The summed E-state index contributed by atoms with van der Waals surface area (Å²) in [6.45, 7) is 9.08. The minimum atomic E-state index is -1.01. The summed E-state index contributed by atoms with van der Waals surface area (Å²) in [5, 5.41) is 11.8. The zero-order valence-electron chi connectivity index (χ0n) is 21.6. The van der Waals surface area contributed by atoms with Crippen molar-refractivity contribution in [3.05, 3.63) is 81.3 Å². The lowest BCUT2D eigenvalue weighted by Gasteiger charge is -2.23. The summed E-state index contributed by atoms with van der Waals surface area (Å²) in [4.78, 5) is 49.9. The van der Waals surface area contributed by atoms with Gasteiger partial charge in [-0.25, -0.2) is 9.97 Å². The summed E-state index contributed by atoms with van der Waals surface area (Å²) in [5.74, 6) is -1.72. The van der Waals surface area contributed by atoms with Crippen molar-refractivity contribution < 1.29 is 24.2 Å². The zero-order chi connectivity index (χ0) is 27.3. The van der Waals surface area contributed by atoms with Crippen LogP contribution in [0.3, 0.4) is 0 Å². The molecule has 1 amide bonds. The number of Topliss-reactive ketones (excluding diaryl/α,β-unsaturated/α-hetero) is 2. The van der Waals surface area contributed by atoms with Crippen molar-refractivity contribution in [2.75, 3.05) is 11.5 Å². The second-order valence-corrected chi connectivity index (χ2v) is 10.0. The Morgan fingerprint density at radius 1 is 1.13 bits per heavy atom. The van der Waals surface area contributed by atoms with Crippen LogP contribution in [0.1, 0.15) is 57.8 Å². The minimum Gasteiger partial charge on any atom is -0.505 e. The Balaban J connectivity index is 1.77. The predicted molar refractivity (Wildman–Crippen MR) is 144 cm³/mol. The maximum Gasteiger partial charge on any atom is 0.301 e. The van der Waals surface area contributed by atoms with Crippen LogP contribution >= 0.6 is 11.3 Å². The quantitative estimate of drug-likeness (QED) is 0.162. The first-order chi connectivity index (χ1) is 18.1. The molecule has 38 heavy (non-hydrogen) atoms. The number of imidazole rings is 1. The molecule has 1 aromatic carbocycles. The number of nitrogens with zero attached hydrogens (tertiary/aromatic N) is 4. The number of aryl methyl sites for hydroxylation is 3. The Morgan fingerprint density at radius 2 is 1.89 bits per heavy atom. The summed E-state index contributed by atoms with van der Waals surface area (Å²) in [5.41, 5.74) is 3.27. The number of ether oxygens (including phenoxy) is 1. The van der Waals surface area contributed by atoms with Crippen LogP contribution in [0.15, 0.2) is 48.2 Å². The van der Waals surface area contributed by atoms with E-state index >= 15 is 0 Å². The van der Waals surface area contributed by atoms with Crippen LogP contribution in [0.2, 0.25) is 0 Å². The molecule has 5 rings (SSSR count). The highest BCUT2D eigenvalue weighted by atomic mass is 32.1. The molecule has 1 atom stereocenters. The number of thiazole rings is 1. The minimum absolute atomic E-state index is 0.106. The van der Waals surface area contributed by atoms with Crippen molar-refractivity contribution in [3.8, 4) is 5.75 Å². The number of benzene rings is 1. The number of pyridine rings is 1. The summed E-state index contributed by atoms with van der Waals surface area (Å²) in [6, 6.07) is 9.78. The van der Waals surface area contributed by atoms with Gasteiger partial charge in [-0.3, -0.25) is 19.3 Å². The SMILES string of the molecule is CCOc1cccc(C2C(=C(O)c3nc4c(C)cccn4c3C)C(=O)C(=O)N2c2nc(C)c(C(C)=O)s2)c1. The van der Waals surface area contributed by atoms with E-state index in [9.17, 15) is 19.5 Å². The molecule has 194 valence electrons. The third-order valence-corrected chi connectivity index (χ3v) is 7.81. The highest BCUT2D eigenvalue weighted by molar-refractivity contribution is 7.18. The first-order valence-electron chi connectivity index (χ1n) is 12.1. The molecule has 4 heterocycles. The Kier molecular flexibility index (Phi) is 6.36. The van der Waals surface area contributed by atoms with E-state index in [2.05, 4.69) is 9.97 Å². The molecule has 0 aliphatic carbocycles. The van der Waals surface area contributed by atoms with Crippen LogP contribution in [0, 0.1) is 20.8 Å². The lowest BCUT2D eigenvalue weighted by atomic mass is 9.96. The number of aromatic nitrogens is 3. The molecule has 0 spiro atoms. The van der Waals surface area contributed by atoms with Crippen molar-refractivity contribution in [2.45, 2.75) is 40.7 Å². The second-order valence-electron chi connectivity index (χ2n) is 9.07. The van der Waals surface area contributed by atoms with Gasteiger partial charge in [0.15, 0.2) is 16.7 Å². The van der Waals surface area contributed by atoms with Crippen LogP contribution in [0.5, 0.6) is 5.75 Å². The lowest BCUT2D eigenvalue weighted by molar-refractivity contribution is -0.132. The number of ketones is 2. The molecular weight excluding hydrogens is 504 g/mol. The zero-order valence-corrected chi connectivity index (χ0v) is 22.4. The Labute approximate surface area is 223 Å². The molecule has 1 fully saturated rings. The van der Waals surface area contributed by atoms with Crippen LogP contribution in [-0.2, 0) is 9.59 Å². The fourth-order valence-corrected chi connectivity index (χ4v) is 5.76. The smallest absolute Gasteiger partial charge is 0.301 e. The van der Waals surface area contributed by atoms with Crippen molar-refractivity contribution in [1.82, 2.24) is 14.4 Å². The number of hydrogen-bond donors (Lipinski definition) is 1. The van der Waals surface area contributed by atoms with E-state index in [4.69, 9.17) is 4.74 Å². The van der Waals surface area contributed by atoms with Crippen LogP contribution in [-0.4, -0.2) is 43.6 Å². The summed E-state index contributed by atoms with van der Waals surface area (Å²) in [7, 11) is 0. The first kappa shape index (κ1) is 25.3. The molecule has 0 saturated carbocycles. The van der Waals surface area contributed by atoms with Gasteiger partial charge in [0.1, 0.15) is 17.1 Å². The molecule has 0 radical (unpaired) electrons. The summed E-state index contributed by atoms with van der Waals surface area (Å²) >= 11 is 1.04. The predicted octanol–water partition coefficient (Wildman–Crippen LogP) is 4.94. The molecule has 1 saturated heterocycles. The van der Waals surface area contributed by atoms with E-state index in [1.165, 1.54) is 11.8 Å². The van der Waals surface area contributed by atoms with Gasteiger partial charge < -0.3 is 14.2 Å². The largest absolute Gasteiger partial charge is 0.505 e. The monoisotopic (exact) mass is 530 g/mol. The molecule has 1 unspecified atom stereocenters. The highest BCUT2D eigenvalue weighted by Gasteiger charge is 2.49. The van der Waals surface area contributed by atoms with Crippen molar-refractivity contribution in [3.63, 3.8) is 0 Å². The molecular formula is C28H26N4O5S. The van der Waals surface area contributed by atoms with E-state index in [0.29, 0.717) is 39.8 Å². The Hall–Kier alpha value is -4.31. The molecule has 0 bridgehead atoms. The van der Waals surface area contributed by atoms with Crippen molar-refractivity contribution in [2.24, 2.45) is 0 Å². The van der Waals surface area contributed by atoms with Crippen molar-refractivity contribution >= 4 is 45.3 Å². The summed E-state index contributed by atoms with van der Waals surface area (Å²) in [6.07, 6.45) is 1.82. The molecule has 1 N–H and O–H groups in total. The van der Waals surface area contributed by atoms with Gasteiger partial charge in [0.2, 0.25) is 0 Å². The molecule has 4 aromatic rings.